The third-order valence-electron chi connectivity index (χ3n) is 2.16. The molecule has 0 unspecified atom stereocenters. The highest BCUT2D eigenvalue weighted by atomic mass is 32.2. The van der Waals surface area contributed by atoms with Crippen LogP contribution in [0.1, 0.15) is 12.8 Å². The Kier molecular flexibility index (Phi) is 2.27. The Bertz CT molecular complexity index is 337. The molecule has 0 spiro atoms. The molecule has 1 N–H and O–H groups in total. The molecular formula is C10H10O2S. The molecule has 0 aromatic rings. The maximum absolute atomic E-state index is 10.9. The molecule has 0 atom stereocenters. The van der Waals surface area contributed by atoms with Gasteiger partial charge in [-0.15, -0.1) is 11.8 Å². The second-order valence-electron chi connectivity index (χ2n) is 3.01. The van der Waals surface area contributed by atoms with Crippen LogP contribution in [0.3, 0.4) is 0 Å². The van der Waals surface area contributed by atoms with Crippen LogP contribution in [-0.2, 0) is 4.79 Å². The summed E-state index contributed by atoms with van der Waals surface area (Å²) in [5.74, 6) is 0.213. The molecule has 3 heteroatoms. The highest BCUT2D eigenvalue weighted by molar-refractivity contribution is 8.03. The number of rotatable bonds is 1. The van der Waals surface area contributed by atoms with E-state index in [2.05, 4.69) is 6.08 Å². The predicted octanol–water partition coefficient (Wildman–Crippen LogP) is 2.35. The lowest BCUT2D eigenvalue weighted by Gasteiger charge is -2.02. The lowest BCUT2D eigenvalue weighted by atomic mass is 10.1. The fraction of sp³-hybridized carbons (Fsp3) is 0.300. The minimum absolute atomic E-state index is 0.488. The van der Waals surface area contributed by atoms with Gasteiger partial charge in [0.2, 0.25) is 0 Å². The van der Waals surface area contributed by atoms with Gasteiger partial charge in [-0.25, -0.2) is 4.79 Å². The van der Waals surface area contributed by atoms with Gasteiger partial charge in [-0.05, 0) is 18.4 Å². The van der Waals surface area contributed by atoms with E-state index in [0.717, 1.165) is 23.5 Å². The number of carbonyl (C=O) groups is 1. The molecule has 2 rings (SSSR count). The summed E-state index contributed by atoms with van der Waals surface area (Å²) in [6, 6.07) is 0. The first-order valence-corrected chi connectivity index (χ1v) is 5.24. The molecule has 2 nitrogen and oxygen atoms in total. The maximum atomic E-state index is 10.9. The summed E-state index contributed by atoms with van der Waals surface area (Å²) in [6.07, 6.45) is 7.61. The molecule has 0 amide bonds. The van der Waals surface area contributed by atoms with Crippen molar-refractivity contribution in [2.75, 3.05) is 5.75 Å². The summed E-state index contributed by atoms with van der Waals surface area (Å²) in [5.41, 5.74) is 1.68. The second-order valence-corrected chi connectivity index (χ2v) is 4.12. The Morgan fingerprint density at radius 3 is 3.15 bits per heavy atom. The topological polar surface area (TPSA) is 37.3 Å². The molecule has 68 valence electrons. The summed E-state index contributed by atoms with van der Waals surface area (Å²) < 4.78 is 0. The first-order valence-electron chi connectivity index (χ1n) is 4.25. The lowest BCUT2D eigenvalue weighted by molar-refractivity contribution is -0.132. The summed E-state index contributed by atoms with van der Waals surface area (Å²) in [6.45, 7) is 0. The van der Waals surface area contributed by atoms with Crippen molar-refractivity contribution in [2.45, 2.75) is 12.8 Å². The largest absolute Gasteiger partial charge is 0.478 e. The molecule has 0 bridgehead atoms. The zero-order chi connectivity index (χ0) is 9.26. The number of carboxylic acids is 1. The van der Waals surface area contributed by atoms with Gasteiger partial charge in [0.1, 0.15) is 0 Å². The van der Waals surface area contributed by atoms with E-state index in [1.54, 1.807) is 17.8 Å². The third kappa shape index (κ3) is 1.56. The Hall–Kier alpha value is -0.960. The van der Waals surface area contributed by atoms with Gasteiger partial charge in [0.25, 0.3) is 0 Å². The van der Waals surface area contributed by atoms with Gasteiger partial charge < -0.3 is 5.11 Å². The van der Waals surface area contributed by atoms with Crippen molar-refractivity contribution in [2.24, 2.45) is 0 Å². The quantitative estimate of drug-likeness (QED) is 0.696. The molecule has 1 aliphatic carbocycles. The van der Waals surface area contributed by atoms with Crippen LogP contribution in [0.4, 0.5) is 0 Å². The lowest BCUT2D eigenvalue weighted by Crippen LogP contribution is -2.01. The summed E-state index contributed by atoms with van der Waals surface area (Å²) in [4.78, 5) is 11.9. The Morgan fingerprint density at radius 2 is 2.38 bits per heavy atom. The van der Waals surface area contributed by atoms with Crippen LogP contribution in [0.5, 0.6) is 0 Å². The number of hydrogen-bond donors (Lipinski definition) is 1. The highest BCUT2D eigenvalue weighted by Gasteiger charge is 2.22. The van der Waals surface area contributed by atoms with E-state index in [0.29, 0.717) is 5.57 Å². The monoisotopic (exact) mass is 194 g/mol. The predicted molar refractivity (Wildman–Crippen MR) is 53.6 cm³/mol. The standard InChI is InChI=1S/C10H10O2S/c11-10(12)8-4-2-1-3-7-5-6-13-9(7)8/h1,3-4H,2,5-6H2,(H,11,12). The zero-order valence-electron chi connectivity index (χ0n) is 7.12. The average Bonchev–Trinajstić information content (AvgIpc) is 2.44. The van der Waals surface area contributed by atoms with Crippen LogP contribution in [0.25, 0.3) is 0 Å². The molecule has 0 fully saturated rings. The van der Waals surface area contributed by atoms with Crippen LogP contribution in [0.15, 0.2) is 34.3 Å². The molecule has 1 aliphatic heterocycles. The van der Waals surface area contributed by atoms with E-state index in [-0.39, 0.29) is 0 Å². The van der Waals surface area contributed by atoms with Gasteiger partial charge in [0.05, 0.1) is 5.57 Å². The van der Waals surface area contributed by atoms with Gasteiger partial charge in [0.15, 0.2) is 0 Å². The van der Waals surface area contributed by atoms with Crippen molar-refractivity contribution in [3.63, 3.8) is 0 Å². The first-order chi connectivity index (χ1) is 6.29. The molecule has 13 heavy (non-hydrogen) atoms. The van der Waals surface area contributed by atoms with E-state index in [1.807, 2.05) is 6.08 Å². The first kappa shape index (κ1) is 8.63. The molecular weight excluding hydrogens is 184 g/mol. The third-order valence-corrected chi connectivity index (χ3v) is 3.34. The number of carboxylic acid groups (broad SMARTS) is 1. The SMILES string of the molecule is O=C(O)C1=CCC=CC2=C1SCC2. The van der Waals surface area contributed by atoms with E-state index >= 15 is 0 Å². The van der Waals surface area contributed by atoms with Crippen LogP contribution in [-0.4, -0.2) is 16.8 Å². The smallest absolute Gasteiger partial charge is 0.336 e. The number of hydrogen-bond acceptors (Lipinski definition) is 2. The second kappa shape index (κ2) is 3.42. The van der Waals surface area contributed by atoms with Crippen LogP contribution in [0, 0.1) is 0 Å². The van der Waals surface area contributed by atoms with Crippen molar-refractivity contribution in [3.8, 4) is 0 Å². The van der Waals surface area contributed by atoms with Gasteiger partial charge in [-0.2, -0.15) is 0 Å². The molecule has 0 radical (unpaired) electrons. The van der Waals surface area contributed by atoms with Crippen molar-refractivity contribution < 1.29 is 9.90 Å². The molecule has 0 saturated heterocycles. The van der Waals surface area contributed by atoms with Crippen molar-refractivity contribution in [1.29, 1.82) is 0 Å². The van der Waals surface area contributed by atoms with Crippen LogP contribution in [0.2, 0.25) is 0 Å². The molecule has 0 saturated carbocycles. The van der Waals surface area contributed by atoms with Gasteiger partial charge in [0, 0.05) is 10.7 Å². The van der Waals surface area contributed by atoms with E-state index in [9.17, 15) is 4.79 Å². The number of aliphatic carboxylic acids is 1. The van der Waals surface area contributed by atoms with Gasteiger partial charge in [-0.3, -0.25) is 0 Å². The van der Waals surface area contributed by atoms with Crippen molar-refractivity contribution >= 4 is 17.7 Å². The van der Waals surface area contributed by atoms with E-state index in [1.165, 1.54) is 5.57 Å². The van der Waals surface area contributed by atoms with E-state index < -0.39 is 5.97 Å². The summed E-state index contributed by atoms with van der Waals surface area (Å²) in [7, 11) is 0. The summed E-state index contributed by atoms with van der Waals surface area (Å²) >= 11 is 1.66. The Morgan fingerprint density at radius 1 is 1.54 bits per heavy atom. The van der Waals surface area contributed by atoms with Gasteiger partial charge >= 0.3 is 5.97 Å². The minimum atomic E-state index is -0.800. The Balaban J connectivity index is 2.42. The zero-order valence-corrected chi connectivity index (χ0v) is 7.93. The normalized spacial score (nSPS) is 21.1. The molecule has 1 heterocycles. The fourth-order valence-corrected chi connectivity index (χ4v) is 2.76. The summed E-state index contributed by atoms with van der Waals surface area (Å²) in [5, 5.41) is 8.97. The van der Waals surface area contributed by atoms with E-state index in [4.69, 9.17) is 5.11 Å². The minimum Gasteiger partial charge on any atom is -0.478 e. The van der Waals surface area contributed by atoms with Gasteiger partial charge in [-0.1, -0.05) is 18.2 Å². The number of thioether (sulfide) groups is 1. The molecule has 0 aromatic carbocycles. The molecule has 2 aliphatic rings. The fourth-order valence-electron chi connectivity index (χ4n) is 1.55. The van der Waals surface area contributed by atoms with Crippen LogP contribution >= 0.6 is 11.8 Å². The van der Waals surface area contributed by atoms with Crippen LogP contribution < -0.4 is 0 Å². The van der Waals surface area contributed by atoms with Crippen molar-refractivity contribution in [1.82, 2.24) is 0 Å². The maximum Gasteiger partial charge on any atom is 0.336 e. The Labute approximate surface area is 81.0 Å². The number of allylic oxidation sites excluding steroid dienone is 4. The van der Waals surface area contributed by atoms with Crippen molar-refractivity contribution in [3.05, 3.63) is 34.3 Å². The highest BCUT2D eigenvalue weighted by Crippen LogP contribution is 2.38. The average molecular weight is 194 g/mol. The molecule has 0 aromatic heterocycles.